The topological polar surface area (TPSA) is 21.3 Å². The largest absolute Gasteiger partial charge is 0.489 e. The van der Waals surface area contributed by atoms with Gasteiger partial charge in [0, 0.05) is 17.6 Å². The van der Waals surface area contributed by atoms with E-state index in [1.807, 2.05) is 31.2 Å². The molecule has 0 radical (unpaired) electrons. The monoisotopic (exact) mass is 283 g/mol. The molecule has 3 heteroatoms. The van der Waals surface area contributed by atoms with Crippen molar-refractivity contribution in [3.05, 3.63) is 40.9 Å². The molecule has 0 spiro atoms. The van der Waals surface area contributed by atoms with Crippen molar-refractivity contribution in [1.29, 1.82) is 0 Å². The first-order valence-electron chi connectivity index (χ1n) is 5.38. The van der Waals surface area contributed by atoms with E-state index in [2.05, 4.69) is 34.7 Å². The summed E-state index contributed by atoms with van der Waals surface area (Å²) in [6.07, 6.45) is 2.00. The summed E-state index contributed by atoms with van der Waals surface area (Å²) < 4.78 is 6.89. The van der Waals surface area contributed by atoms with Crippen molar-refractivity contribution in [2.45, 2.75) is 20.0 Å². The Morgan fingerprint density at radius 2 is 2.31 bits per heavy atom. The summed E-state index contributed by atoms with van der Waals surface area (Å²) in [7, 11) is 0. The maximum atomic E-state index is 5.78. The lowest BCUT2D eigenvalue weighted by molar-refractivity contribution is 0.219. The number of hydrogen-bond donors (Lipinski definition) is 1. The molecule has 0 amide bonds. The van der Waals surface area contributed by atoms with E-state index in [9.17, 15) is 0 Å². The summed E-state index contributed by atoms with van der Waals surface area (Å²) in [6, 6.07) is 6.02. The van der Waals surface area contributed by atoms with Crippen molar-refractivity contribution in [2.75, 3.05) is 13.1 Å². The second-order valence-electron chi connectivity index (χ2n) is 3.79. The minimum absolute atomic E-state index is 0.153. The fraction of sp³-hybridized carbons (Fsp3) is 0.385. The van der Waals surface area contributed by atoms with Crippen LogP contribution in [0.3, 0.4) is 0 Å². The predicted octanol–water partition coefficient (Wildman–Crippen LogP) is 3.30. The van der Waals surface area contributed by atoms with Gasteiger partial charge in [0.25, 0.3) is 0 Å². The van der Waals surface area contributed by atoms with E-state index < -0.39 is 0 Å². The lowest BCUT2D eigenvalue weighted by atomic mass is 10.2. The summed E-state index contributed by atoms with van der Waals surface area (Å²) >= 11 is 3.47. The molecule has 0 aliphatic heterocycles. The zero-order valence-electron chi connectivity index (χ0n) is 9.79. The Morgan fingerprint density at radius 1 is 1.56 bits per heavy atom. The molecule has 1 atom stereocenters. The second-order valence-corrected chi connectivity index (χ2v) is 4.64. The first-order chi connectivity index (χ1) is 7.63. The standard InChI is InChI=1S/C13H18BrNO/c1-4-7-15-9-11(3)16-12-5-6-13(14)10(2)8-12/h4-6,8,11,15H,1,7,9H2,2-3H3. The number of aryl methyl sites for hydroxylation is 1. The first-order valence-corrected chi connectivity index (χ1v) is 6.17. The summed E-state index contributed by atoms with van der Waals surface area (Å²) in [5, 5.41) is 3.23. The lowest BCUT2D eigenvalue weighted by Gasteiger charge is -2.15. The van der Waals surface area contributed by atoms with Crippen LogP contribution < -0.4 is 10.1 Å². The number of nitrogens with one attached hydrogen (secondary N) is 1. The number of ether oxygens (including phenoxy) is 1. The van der Waals surface area contributed by atoms with Crippen LogP contribution in [0.4, 0.5) is 0 Å². The zero-order valence-corrected chi connectivity index (χ0v) is 11.4. The molecule has 0 aliphatic rings. The van der Waals surface area contributed by atoms with Gasteiger partial charge in [0.15, 0.2) is 0 Å². The minimum atomic E-state index is 0.153. The highest BCUT2D eigenvalue weighted by Crippen LogP contribution is 2.22. The second kappa shape index (κ2) is 6.71. The SMILES string of the molecule is C=CCNCC(C)Oc1ccc(Br)c(C)c1. The van der Waals surface area contributed by atoms with Gasteiger partial charge in [-0.05, 0) is 37.6 Å². The third-order valence-electron chi connectivity index (χ3n) is 2.19. The van der Waals surface area contributed by atoms with Gasteiger partial charge in [0.1, 0.15) is 11.9 Å². The van der Waals surface area contributed by atoms with Gasteiger partial charge < -0.3 is 10.1 Å². The van der Waals surface area contributed by atoms with E-state index in [-0.39, 0.29) is 6.10 Å². The molecule has 1 rings (SSSR count). The molecule has 2 nitrogen and oxygen atoms in total. The Balaban J connectivity index is 2.46. The molecule has 0 heterocycles. The molecule has 0 bridgehead atoms. The van der Waals surface area contributed by atoms with Gasteiger partial charge in [-0.3, -0.25) is 0 Å². The van der Waals surface area contributed by atoms with E-state index in [0.717, 1.165) is 23.3 Å². The predicted molar refractivity (Wildman–Crippen MR) is 72.0 cm³/mol. The Morgan fingerprint density at radius 3 is 2.94 bits per heavy atom. The Hall–Kier alpha value is -0.800. The number of hydrogen-bond acceptors (Lipinski definition) is 2. The molecule has 0 aromatic heterocycles. The van der Waals surface area contributed by atoms with Crippen molar-refractivity contribution >= 4 is 15.9 Å². The Kier molecular flexibility index (Phi) is 5.56. The van der Waals surface area contributed by atoms with Crippen molar-refractivity contribution in [3.8, 4) is 5.75 Å². The van der Waals surface area contributed by atoms with E-state index in [0.29, 0.717) is 0 Å². The van der Waals surface area contributed by atoms with Gasteiger partial charge in [-0.1, -0.05) is 22.0 Å². The zero-order chi connectivity index (χ0) is 12.0. The van der Waals surface area contributed by atoms with Crippen LogP contribution in [0.2, 0.25) is 0 Å². The van der Waals surface area contributed by atoms with Crippen LogP contribution in [0.15, 0.2) is 35.3 Å². The van der Waals surface area contributed by atoms with E-state index in [4.69, 9.17) is 4.74 Å². The van der Waals surface area contributed by atoms with Gasteiger partial charge in [-0.25, -0.2) is 0 Å². The molecule has 0 fully saturated rings. The minimum Gasteiger partial charge on any atom is -0.489 e. The highest BCUT2D eigenvalue weighted by Gasteiger charge is 2.04. The maximum absolute atomic E-state index is 5.78. The molecule has 1 unspecified atom stereocenters. The summed E-state index contributed by atoms with van der Waals surface area (Å²) in [6.45, 7) is 9.39. The third-order valence-corrected chi connectivity index (χ3v) is 3.08. The summed E-state index contributed by atoms with van der Waals surface area (Å²) in [5.41, 5.74) is 1.18. The van der Waals surface area contributed by atoms with E-state index >= 15 is 0 Å². The first kappa shape index (κ1) is 13.3. The van der Waals surface area contributed by atoms with Crippen LogP contribution in [0, 0.1) is 6.92 Å². The van der Waals surface area contributed by atoms with Gasteiger partial charge in [0.2, 0.25) is 0 Å². The van der Waals surface area contributed by atoms with Crippen LogP contribution in [0.5, 0.6) is 5.75 Å². The van der Waals surface area contributed by atoms with E-state index in [1.54, 1.807) is 0 Å². The van der Waals surface area contributed by atoms with Crippen molar-refractivity contribution < 1.29 is 4.74 Å². The maximum Gasteiger partial charge on any atom is 0.120 e. The van der Waals surface area contributed by atoms with Gasteiger partial charge >= 0.3 is 0 Å². The summed E-state index contributed by atoms with van der Waals surface area (Å²) in [5.74, 6) is 0.911. The number of benzene rings is 1. The number of halogens is 1. The Bertz CT molecular complexity index is 352. The average Bonchev–Trinajstić information content (AvgIpc) is 2.24. The van der Waals surface area contributed by atoms with Crippen LogP contribution in [-0.4, -0.2) is 19.2 Å². The quantitative estimate of drug-likeness (QED) is 0.639. The molecule has 1 N–H and O–H groups in total. The fourth-order valence-corrected chi connectivity index (χ4v) is 1.60. The van der Waals surface area contributed by atoms with Crippen molar-refractivity contribution in [3.63, 3.8) is 0 Å². The lowest BCUT2D eigenvalue weighted by Crippen LogP contribution is -2.28. The molecular weight excluding hydrogens is 266 g/mol. The molecule has 88 valence electrons. The molecule has 0 saturated carbocycles. The van der Waals surface area contributed by atoms with E-state index in [1.165, 1.54) is 5.56 Å². The molecular formula is C13H18BrNO. The molecule has 16 heavy (non-hydrogen) atoms. The van der Waals surface area contributed by atoms with Gasteiger partial charge in [-0.2, -0.15) is 0 Å². The third kappa shape index (κ3) is 4.37. The summed E-state index contributed by atoms with van der Waals surface area (Å²) in [4.78, 5) is 0. The normalized spacial score (nSPS) is 12.2. The van der Waals surface area contributed by atoms with Gasteiger partial charge in [0.05, 0.1) is 0 Å². The highest BCUT2D eigenvalue weighted by atomic mass is 79.9. The molecule has 1 aromatic rings. The average molecular weight is 284 g/mol. The molecule has 1 aromatic carbocycles. The van der Waals surface area contributed by atoms with Crippen LogP contribution in [0.25, 0.3) is 0 Å². The van der Waals surface area contributed by atoms with Crippen LogP contribution >= 0.6 is 15.9 Å². The number of rotatable bonds is 6. The Labute approximate surface area is 106 Å². The highest BCUT2D eigenvalue weighted by molar-refractivity contribution is 9.10. The van der Waals surface area contributed by atoms with Crippen LogP contribution in [0.1, 0.15) is 12.5 Å². The van der Waals surface area contributed by atoms with Crippen LogP contribution in [-0.2, 0) is 0 Å². The molecule has 0 aliphatic carbocycles. The van der Waals surface area contributed by atoms with Crippen molar-refractivity contribution in [2.24, 2.45) is 0 Å². The van der Waals surface area contributed by atoms with Gasteiger partial charge in [-0.15, -0.1) is 6.58 Å². The molecule has 0 saturated heterocycles. The fourth-order valence-electron chi connectivity index (χ4n) is 1.35. The smallest absolute Gasteiger partial charge is 0.120 e. The van der Waals surface area contributed by atoms with Crippen molar-refractivity contribution in [1.82, 2.24) is 5.32 Å².